The van der Waals surface area contributed by atoms with Crippen LogP contribution in [-0.4, -0.2) is 50.0 Å². The summed E-state index contributed by atoms with van der Waals surface area (Å²) in [5.41, 5.74) is 2.31. The fourth-order valence-corrected chi connectivity index (χ4v) is 5.84. The Morgan fingerprint density at radius 1 is 1.10 bits per heavy atom. The highest BCUT2D eigenvalue weighted by Crippen LogP contribution is 2.34. The maximum Gasteiger partial charge on any atom is 0.371 e. The lowest BCUT2D eigenvalue weighted by Gasteiger charge is -2.36. The molecule has 4 rings (SSSR count). The quantitative estimate of drug-likeness (QED) is 0.614. The van der Waals surface area contributed by atoms with Crippen molar-refractivity contribution in [3.63, 3.8) is 0 Å². The predicted molar refractivity (Wildman–Crippen MR) is 115 cm³/mol. The lowest BCUT2D eigenvalue weighted by molar-refractivity contribution is 0.0665. The number of piperazine rings is 1. The minimum Gasteiger partial charge on any atom is -0.475 e. The number of aromatic carboxylic acids is 1. The average molecular weight is 469 g/mol. The topological polar surface area (TPSA) is 91.1 Å². The minimum absolute atomic E-state index is 0.00214. The van der Waals surface area contributed by atoms with Gasteiger partial charge in [0.2, 0.25) is 15.8 Å². The third-order valence-electron chi connectivity index (χ3n) is 5.27. The summed E-state index contributed by atoms with van der Waals surface area (Å²) in [4.78, 5) is 13.3. The summed E-state index contributed by atoms with van der Waals surface area (Å²) in [7, 11) is -3.76. The van der Waals surface area contributed by atoms with E-state index in [1.807, 2.05) is 13.0 Å². The highest BCUT2D eigenvalue weighted by Gasteiger charge is 2.31. The molecular weight excluding hydrogens is 451 g/mol. The monoisotopic (exact) mass is 468 g/mol. The number of carbonyl (C=O) groups is 1. The molecule has 1 aliphatic heterocycles. The average Bonchev–Trinajstić information content (AvgIpc) is 3.16. The van der Waals surface area contributed by atoms with Gasteiger partial charge >= 0.3 is 5.97 Å². The number of carboxylic acid groups (broad SMARTS) is 1. The highest BCUT2D eigenvalue weighted by molar-refractivity contribution is 7.89. The summed E-state index contributed by atoms with van der Waals surface area (Å²) < 4.78 is 32.8. The van der Waals surface area contributed by atoms with Crippen molar-refractivity contribution in [2.24, 2.45) is 0 Å². The van der Waals surface area contributed by atoms with E-state index >= 15 is 0 Å². The van der Waals surface area contributed by atoms with Gasteiger partial charge in [0, 0.05) is 37.3 Å². The molecule has 1 fully saturated rings. The second-order valence-corrected chi connectivity index (χ2v) is 9.67. The first kappa shape index (κ1) is 21.0. The van der Waals surface area contributed by atoms with Crippen molar-refractivity contribution in [3.05, 3.63) is 57.8 Å². The smallest absolute Gasteiger partial charge is 0.371 e. The van der Waals surface area contributed by atoms with E-state index in [2.05, 4.69) is 4.90 Å². The van der Waals surface area contributed by atoms with Crippen LogP contribution in [0.2, 0.25) is 10.0 Å². The Balaban J connectivity index is 1.57. The largest absolute Gasteiger partial charge is 0.475 e. The van der Waals surface area contributed by atoms with Gasteiger partial charge in [0.1, 0.15) is 10.5 Å². The molecule has 0 bridgehead atoms. The molecule has 1 aromatic heterocycles. The van der Waals surface area contributed by atoms with Crippen LogP contribution in [0.3, 0.4) is 0 Å². The van der Waals surface area contributed by atoms with Gasteiger partial charge in [-0.3, -0.25) is 0 Å². The van der Waals surface area contributed by atoms with Crippen LogP contribution < -0.4 is 4.90 Å². The Bertz CT molecular complexity index is 1250. The van der Waals surface area contributed by atoms with E-state index in [0.29, 0.717) is 18.7 Å². The Morgan fingerprint density at radius 3 is 2.47 bits per heavy atom. The molecule has 1 N–H and O–H groups in total. The number of carboxylic acids is 1. The van der Waals surface area contributed by atoms with E-state index in [9.17, 15) is 13.2 Å². The first-order valence-electron chi connectivity index (χ1n) is 9.15. The molecule has 3 aromatic rings. The van der Waals surface area contributed by atoms with Gasteiger partial charge in [0.25, 0.3) is 0 Å². The zero-order valence-corrected chi connectivity index (χ0v) is 18.3. The molecule has 158 valence electrons. The SMILES string of the molecule is Cc1c(N2CCN(S(=O)(=O)c3cccc(Cl)c3Cl)CC2)ccc2oc(C(=O)O)cc12. The molecule has 7 nitrogen and oxygen atoms in total. The normalized spacial score (nSPS) is 15.6. The molecule has 0 amide bonds. The second kappa shape index (κ2) is 7.77. The second-order valence-electron chi connectivity index (χ2n) is 6.98. The number of fused-ring (bicyclic) bond motifs is 1. The number of sulfonamides is 1. The molecule has 30 heavy (non-hydrogen) atoms. The van der Waals surface area contributed by atoms with Gasteiger partial charge in [0.05, 0.1) is 10.0 Å². The first-order chi connectivity index (χ1) is 14.2. The Hall–Kier alpha value is -2.26. The van der Waals surface area contributed by atoms with Crippen LogP contribution >= 0.6 is 23.2 Å². The van der Waals surface area contributed by atoms with Crippen molar-refractivity contribution in [3.8, 4) is 0 Å². The van der Waals surface area contributed by atoms with Crippen LogP contribution in [0, 0.1) is 6.92 Å². The van der Waals surface area contributed by atoms with Crippen LogP contribution in [0.25, 0.3) is 11.0 Å². The van der Waals surface area contributed by atoms with E-state index in [4.69, 9.17) is 32.7 Å². The number of aryl methyl sites for hydroxylation is 1. The number of nitrogens with zero attached hydrogens (tertiary/aromatic N) is 2. The van der Waals surface area contributed by atoms with Gasteiger partial charge < -0.3 is 14.4 Å². The molecule has 2 aromatic carbocycles. The zero-order chi connectivity index (χ0) is 21.6. The van der Waals surface area contributed by atoms with E-state index in [1.54, 1.807) is 18.2 Å². The summed E-state index contributed by atoms with van der Waals surface area (Å²) in [5.74, 6) is -1.23. The number of hydrogen-bond donors (Lipinski definition) is 1. The summed E-state index contributed by atoms with van der Waals surface area (Å²) in [6.07, 6.45) is 0. The number of halogens is 2. The molecule has 0 unspecified atom stereocenters. The Labute approximate surface area is 183 Å². The van der Waals surface area contributed by atoms with Crippen molar-refractivity contribution in [1.29, 1.82) is 0 Å². The summed E-state index contributed by atoms with van der Waals surface area (Å²) in [6, 6.07) is 9.67. The molecule has 0 saturated carbocycles. The summed E-state index contributed by atoms with van der Waals surface area (Å²) >= 11 is 12.1. The maximum atomic E-state index is 13.0. The van der Waals surface area contributed by atoms with E-state index in [1.165, 1.54) is 16.4 Å². The van der Waals surface area contributed by atoms with Crippen LogP contribution in [0.1, 0.15) is 16.1 Å². The molecule has 0 atom stereocenters. The number of furan rings is 1. The van der Waals surface area contributed by atoms with Gasteiger partial charge in [-0.05, 0) is 42.8 Å². The number of benzene rings is 2. The lowest BCUT2D eigenvalue weighted by Crippen LogP contribution is -2.48. The lowest BCUT2D eigenvalue weighted by atomic mass is 10.1. The van der Waals surface area contributed by atoms with Crippen molar-refractivity contribution < 1.29 is 22.7 Å². The number of anilines is 1. The highest BCUT2D eigenvalue weighted by atomic mass is 35.5. The third-order valence-corrected chi connectivity index (χ3v) is 8.14. The van der Waals surface area contributed by atoms with Gasteiger partial charge in [0.15, 0.2) is 0 Å². The summed E-state index contributed by atoms with van der Waals surface area (Å²) in [5, 5.41) is 10.1. The maximum absolute atomic E-state index is 13.0. The Kier molecular flexibility index (Phi) is 5.44. The van der Waals surface area contributed by atoms with Crippen molar-refractivity contribution in [2.45, 2.75) is 11.8 Å². The minimum atomic E-state index is -3.76. The van der Waals surface area contributed by atoms with E-state index in [-0.39, 0.29) is 33.8 Å². The number of rotatable bonds is 4. The molecule has 2 heterocycles. The van der Waals surface area contributed by atoms with Gasteiger partial charge in [-0.25, -0.2) is 13.2 Å². The molecule has 0 radical (unpaired) electrons. The van der Waals surface area contributed by atoms with Crippen LogP contribution in [0.15, 0.2) is 45.7 Å². The van der Waals surface area contributed by atoms with Crippen molar-refractivity contribution in [2.75, 3.05) is 31.1 Å². The Morgan fingerprint density at radius 2 is 1.80 bits per heavy atom. The van der Waals surface area contributed by atoms with Crippen molar-refractivity contribution in [1.82, 2.24) is 4.31 Å². The fourth-order valence-electron chi connectivity index (χ4n) is 3.68. The molecule has 10 heteroatoms. The van der Waals surface area contributed by atoms with E-state index in [0.717, 1.165) is 16.6 Å². The molecule has 0 spiro atoms. The molecule has 0 aliphatic carbocycles. The first-order valence-corrected chi connectivity index (χ1v) is 11.4. The van der Waals surface area contributed by atoms with E-state index < -0.39 is 16.0 Å². The van der Waals surface area contributed by atoms with Crippen LogP contribution in [-0.2, 0) is 10.0 Å². The summed E-state index contributed by atoms with van der Waals surface area (Å²) in [6.45, 7) is 3.43. The molecule has 1 aliphatic rings. The standard InChI is InChI=1S/C20H18Cl2N2O5S/c1-12-13-11-17(20(25)26)29-16(13)6-5-15(12)23-7-9-24(10-8-23)30(27,28)18-4-2-3-14(21)19(18)22/h2-6,11H,7-10H2,1H3,(H,25,26). The van der Waals surface area contributed by atoms with Gasteiger partial charge in [-0.2, -0.15) is 4.31 Å². The van der Waals surface area contributed by atoms with Crippen molar-refractivity contribution >= 4 is 55.9 Å². The van der Waals surface area contributed by atoms with Crippen LogP contribution in [0.4, 0.5) is 5.69 Å². The fraction of sp³-hybridized carbons (Fsp3) is 0.250. The zero-order valence-electron chi connectivity index (χ0n) is 15.9. The van der Waals surface area contributed by atoms with Gasteiger partial charge in [-0.1, -0.05) is 29.3 Å². The third kappa shape index (κ3) is 3.54. The number of hydrogen-bond acceptors (Lipinski definition) is 5. The molecular formula is C20H18Cl2N2O5S. The predicted octanol–water partition coefficient (Wildman–Crippen LogP) is 4.26. The van der Waals surface area contributed by atoms with Gasteiger partial charge in [-0.15, -0.1) is 0 Å². The van der Waals surface area contributed by atoms with Crippen LogP contribution in [0.5, 0.6) is 0 Å². The molecule has 1 saturated heterocycles.